The lowest BCUT2D eigenvalue weighted by atomic mass is 10.0. The number of hydrogen-bond acceptors (Lipinski definition) is 7. The molecule has 40 heavy (non-hydrogen) atoms. The molecule has 0 radical (unpaired) electrons. The second kappa shape index (κ2) is 12.1. The Hall–Kier alpha value is -4.61. The zero-order valence-electron chi connectivity index (χ0n) is 22.3. The summed E-state index contributed by atoms with van der Waals surface area (Å²) in [6, 6.07) is 9.67. The van der Waals surface area contributed by atoms with Gasteiger partial charge >= 0.3 is 0 Å². The molecule has 0 saturated carbocycles. The Kier molecular flexibility index (Phi) is 8.13. The van der Waals surface area contributed by atoms with Crippen LogP contribution in [-0.2, 0) is 9.59 Å². The highest BCUT2D eigenvalue weighted by atomic mass is 16.3. The predicted octanol–water partition coefficient (Wildman–Crippen LogP) is 2.56. The van der Waals surface area contributed by atoms with E-state index in [1.807, 2.05) is 17.9 Å². The van der Waals surface area contributed by atoms with Gasteiger partial charge in [-0.15, -0.1) is 0 Å². The molecule has 2 aliphatic rings. The van der Waals surface area contributed by atoms with Gasteiger partial charge in [0.2, 0.25) is 17.8 Å². The topological polar surface area (TPSA) is 153 Å². The minimum absolute atomic E-state index is 0.0273. The summed E-state index contributed by atoms with van der Waals surface area (Å²) in [6.07, 6.45) is 5.63. The summed E-state index contributed by atoms with van der Waals surface area (Å²) in [5.74, 6) is -0.687. The molecule has 0 aliphatic carbocycles. The van der Waals surface area contributed by atoms with Gasteiger partial charge in [0.15, 0.2) is 0 Å². The molecule has 2 aromatic heterocycles. The average molecular weight is 546 g/mol. The van der Waals surface area contributed by atoms with Gasteiger partial charge in [0.05, 0.1) is 18.2 Å². The number of amides is 3. The molecular weight excluding hydrogens is 514 g/mol. The van der Waals surface area contributed by atoms with Crippen molar-refractivity contribution in [1.82, 2.24) is 25.3 Å². The third-order valence-corrected chi connectivity index (χ3v) is 6.98. The molecule has 208 valence electrons. The largest absolute Gasteiger partial charge is 0.461 e. The van der Waals surface area contributed by atoms with E-state index in [0.29, 0.717) is 24.2 Å². The van der Waals surface area contributed by atoms with E-state index < -0.39 is 17.4 Å². The number of aromatic nitrogens is 2. The van der Waals surface area contributed by atoms with Crippen molar-refractivity contribution in [2.45, 2.75) is 39.0 Å². The van der Waals surface area contributed by atoms with E-state index in [1.165, 1.54) is 18.3 Å². The average Bonchev–Trinajstić information content (AvgIpc) is 3.57. The normalized spacial score (nSPS) is 18.5. The maximum absolute atomic E-state index is 13.4. The third-order valence-electron chi connectivity index (χ3n) is 6.98. The number of fused-ring (bicyclic) bond motifs is 1. The first kappa shape index (κ1) is 27.0. The second-order valence-corrected chi connectivity index (χ2v) is 10.0. The monoisotopic (exact) mass is 545 g/mol. The Morgan fingerprint density at radius 1 is 1.10 bits per heavy atom. The molecule has 2 saturated heterocycles. The van der Waals surface area contributed by atoms with Crippen LogP contribution in [0, 0.1) is 12.8 Å². The van der Waals surface area contributed by atoms with Gasteiger partial charge in [-0.1, -0.05) is 6.42 Å². The predicted molar refractivity (Wildman–Crippen MR) is 149 cm³/mol. The summed E-state index contributed by atoms with van der Waals surface area (Å²) < 4.78 is 5.63. The molecule has 2 N–H and O–H groups in total. The zero-order valence-corrected chi connectivity index (χ0v) is 22.3. The van der Waals surface area contributed by atoms with Crippen molar-refractivity contribution >= 4 is 46.6 Å². The van der Waals surface area contributed by atoms with E-state index >= 15 is 0 Å². The first-order valence-electron chi connectivity index (χ1n) is 13.4. The molecule has 2 fully saturated rings. The molecule has 1 unspecified atom stereocenters. The fourth-order valence-electron chi connectivity index (χ4n) is 4.90. The first-order valence-corrected chi connectivity index (χ1v) is 13.4. The number of aliphatic imine (C=N–C) groups is 2. The number of furan rings is 1. The minimum Gasteiger partial charge on any atom is -0.461 e. The van der Waals surface area contributed by atoms with Crippen molar-refractivity contribution in [3.63, 3.8) is 0 Å². The van der Waals surface area contributed by atoms with Crippen molar-refractivity contribution in [3.05, 3.63) is 58.2 Å². The highest BCUT2D eigenvalue weighted by Gasteiger charge is 2.29. The van der Waals surface area contributed by atoms with Crippen LogP contribution in [0.1, 0.15) is 48.4 Å². The molecule has 3 amide bonds. The summed E-state index contributed by atoms with van der Waals surface area (Å²) >= 11 is 0. The molecule has 1 atom stereocenters. The van der Waals surface area contributed by atoms with Crippen LogP contribution in [0.3, 0.4) is 0 Å². The second-order valence-electron chi connectivity index (χ2n) is 10.0. The van der Waals surface area contributed by atoms with Gasteiger partial charge in [0.1, 0.15) is 17.0 Å². The van der Waals surface area contributed by atoms with E-state index in [9.17, 15) is 19.2 Å². The smallest absolute Gasteiger partial charge is 0.278 e. The van der Waals surface area contributed by atoms with Gasteiger partial charge in [0.25, 0.3) is 11.5 Å². The number of nitrogens with one attached hydrogen (secondary N) is 2. The number of guanidine groups is 1. The Morgan fingerprint density at radius 2 is 1.90 bits per heavy atom. The number of aryl methyl sites for hydroxylation is 1. The van der Waals surface area contributed by atoms with Crippen LogP contribution >= 0.6 is 0 Å². The number of likely N-dealkylation sites (tertiary alicyclic amines) is 2. The lowest BCUT2D eigenvalue weighted by Gasteiger charge is -2.25. The van der Waals surface area contributed by atoms with Crippen molar-refractivity contribution in [2.75, 3.05) is 26.2 Å². The van der Waals surface area contributed by atoms with Crippen LogP contribution < -0.4 is 10.9 Å². The fourth-order valence-corrected chi connectivity index (χ4v) is 4.90. The molecule has 12 nitrogen and oxygen atoms in total. The van der Waals surface area contributed by atoms with Gasteiger partial charge in [0, 0.05) is 37.3 Å². The maximum atomic E-state index is 13.4. The zero-order chi connectivity index (χ0) is 28.1. The van der Waals surface area contributed by atoms with Gasteiger partial charge in [-0.3, -0.25) is 24.5 Å². The van der Waals surface area contributed by atoms with E-state index in [2.05, 4.69) is 25.5 Å². The van der Waals surface area contributed by atoms with Crippen LogP contribution in [0.4, 0.5) is 5.69 Å². The molecule has 3 aromatic rings. The molecule has 0 bridgehead atoms. The fraction of sp³-hybridized carbons (Fsp3) is 0.393. The molecule has 2 aliphatic heterocycles. The standard InChI is InChI=1S/C28H31N7O5/c1-18-14-20-15-21(7-9-23(20)40-18)30-28(31-26(38)22-8-10-24(36)33-32-22)29-16-19-6-2-3-13-35(27(19)39)17-25(37)34-11-4-5-12-34/h7-10,14-16,19H,2-6,11-13,17H2,1H3,(H,33,36)(H,30,31,38)/b29-16+. The maximum Gasteiger partial charge on any atom is 0.278 e. The van der Waals surface area contributed by atoms with E-state index in [0.717, 1.165) is 49.9 Å². The van der Waals surface area contributed by atoms with E-state index in [4.69, 9.17) is 4.42 Å². The van der Waals surface area contributed by atoms with Crippen molar-refractivity contribution < 1.29 is 18.8 Å². The lowest BCUT2D eigenvalue weighted by Crippen LogP contribution is -2.44. The number of aromatic amines is 1. The Bertz CT molecular complexity index is 1510. The van der Waals surface area contributed by atoms with Crippen molar-refractivity contribution in [1.29, 1.82) is 0 Å². The highest BCUT2D eigenvalue weighted by Crippen LogP contribution is 2.24. The van der Waals surface area contributed by atoms with Crippen molar-refractivity contribution in [2.24, 2.45) is 15.9 Å². The van der Waals surface area contributed by atoms with Crippen LogP contribution in [0.15, 0.2) is 55.6 Å². The molecule has 4 heterocycles. The van der Waals surface area contributed by atoms with Crippen LogP contribution in [-0.4, -0.2) is 76.1 Å². The van der Waals surface area contributed by atoms with Gasteiger partial charge in [-0.25, -0.2) is 15.1 Å². The third kappa shape index (κ3) is 6.50. The highest BCUT2D eigenvalue weighted by molar-refractivity contribution is 6.08. The minimum atomic E-state index is -0.627. The Labute approximate surface area is 230 Å². The summed E-state index contributed by atoms with van der Waals surface area (Å²) in [6.45, 7) is 3.90. The van der Waals surface area contributed by atoms with Crippen LogP contribution in [0.2, 0.25) is 0 Å². The molecule has 5 rings (SSSR count). The van der Waals surface area contributed by atoms with E-state index in [1.54, 1.807) is 23.1 Å². The molecular formula is C28H31N7O5. The SMILES string of the molecule is Cc1cc2cc(N=C(/N=C/C3CCCCN(CC(=O)N4CCCC4)C3=O)NC(=O)c3ccc(=O)[nH]n3)ccc2o1. The van der Waals surface area contributed by atoms with Gasteiger partial charge in [-0.05, 0) is 62.9 Å². The summed E-state index contributed by atoms with van der Waals surface area (Å²) in [7, 11) is 0. The van der Waals surface area contributed by atoms with E-state index in [-0.39, 0.29) is 30.0 Å². The summed E-state index contributed by atoms with van der Waals surface area (Å²) in [5, 5.41) is 9.45. The lowest BCUT2D eigenvalue weighted by molar-refractivity contribution is -0.140. The number of rotatable bonds is 5. The number of carbonyl (C=O) groups is 3. The van der Waals surface area contributed by atoms with Crippen LogP contribution in [0.25, 0.3) is 11.0 Å². The molecule has 0 spiro atoms. The number of nitrogens with zero attached hydrogens (tertiary/aromatic N) is 5. The number of benzene rings is 1. The number of carbonyl (C=O) groups excluding carboxylic acids is 3. The molecule has 1 aromatic carbocycles. The van der Waals surface area contributed by atoms with Crippen molar-refractivity contribution in [3.8, 4) is 0 Å². The quantitative estimate of drug-likeness (QED) is 0.371. The van der Waals surface area contributed by atoms with Gasteiger partial charge < -0.3 is 14.2 Å². The first-order chi connectivity index (χ1) is 19.4. The number of hydrogen-bond donors (Lipinski definition) is 2. The Balaban J connectivity index is 1.38. The number of H-pyrrole nitrogens is 1. The summed E-state index contributed by atoms with van der Waals surface area (Å²) in [4.78, 5) is 62.7. The summed E-state index contributed by atoms with van der Waals surface area (Å²) in [5.41, 5.74) is 0.753. The van der Waals surface area contributed by atoms with Gasteiger partial charge in [-0.2, -0.15) is 5.10 Å². The Morgan fingerprint density at radius 3 is 2.67 bits per heavy atom. The molecule has 12 heteroatoms. The van der Waals surface area contributed by atoms with Crippen LogP contribution in [0.5, 0.6) is 0 Å².